The van der Waals surface area contributed by atoms with Gasteiger partial charge in [-0.15, -0.1) is 0 Å². The molecule has 6 nitrogen and oxygen atoms in total. The zero-order valence-corrected chi connectivity index (χ0v) is 21.9. The second kappa shape index (κ2) is 10.9. The van der Waals surface area contributed by atoms with Crippen molar-refractivity contribution in [2.24, 2.45) is 0 Å². The van der Waals surface area contributed by atoms with Gasteiger partial charge in [-0.2, -0.15) is 0 Å². The number of anilines is 1. The Morgan fingerprint density at radius 3 is 2.53 bits per heavy atom. The Balaban J connectivity index is 1.65. The highest BCUT2D eigenvalue weighted by atomic mass is 19.3. The van der Waals surface area contributed by atoms with Gasteiger partial charge in [0.25, 0.3) is 6.43 Å². The number of likely N-dealkylation sites (tertiary alicyclic amines) is 1. The van der Waals surface area contributed by atoms with Crippen molar-refractivity contribution in [3.8, 4) is 11.5 Å². The summed E-state index contributed by atoms with van der Waals surface area (Å²) in [6.45, 7) is 11.6. The number of methoxy groups -OCH3 is 1. The molecule has 4 rings (SSSR count). The van der Waals surface area contributed by atoms with Crippen LogP contribution in [-0.2, 0) is 0 Å². The van der Waals surface area contributed by atoms with Crippen LogP contribution in [0.1, 0.15) is 68.6 Å². The third-order valence-electron chi connectivity index (χ3n) is 7.08. The van der Waals surface area contributed by atoms with Crippen LogP contribution in [0.15, 0.2) is 30.3 Å². The van der Waals surface area contributed by atoms with Crippen LogP contribution >= 0.6 is 0 Å². The molecule has 2 atom stereocenters. The number of rotatable bonds is 9. The van der Waals surface area contributed by atoms with E-state index in [0.717, 1.165) is 29.4 Å². The molecule has 0 bridgehead atoms. The zero-order valence-electron chi connectivity index (χ0n) is 21.9. The van der Waals surface area contributed by atoms with Crippen molar-refractivity contribution < 1.29 is 18.3 Å². The summed E-state index contributed by atoms with van der Waals surface area (Å²) in [5.41, 5.74) is 2.16. The maximum absolute atomic E-state index is 13.5. The first kappa shape index (κ1) is 26.1. The smallest absolute Gasteiger partial charge is 0.264 e. The first-order valence-corrected chi connectivity index (χ1v) is 12.6. The van der Waals surface area contributed by atoms with Crippen LogP contribution in [0, 0.1) is 13.8 Å². The molecule has 1 aromatic heterocycles. The minimum atomic E-state index is -2.52. The second-order valence-electron chi connectivity index (χ2n) is 9.81. The number of hydrogen-bond acceptors (Lipinski definition) is 6. The van der Waals surface area contributed by atoms with Crippen molar-refractivity contribution >= 4 is 16.7 Å². The summed E-state index contributed by atoms with van der Waals surface area (Å²) >= 11 is 0. The molecule has 194 valence electrons. The highest BCUT2D eigenvalue weighted by Crippen LogP contribution is 2.37. The Hall–Kier alpha value is -3.00. The standard InChI is InChI=1S/C28H36F2N4O2/c1-16(2)34-12-8-9-20(34)15-36-26-13-23-24(14-25(26)35-6)32-19(5)33-28(23)31-18(4)21-10-7-11-22(17(21)3)27(29)30/h7,10-11,13-14,16,18,20,27H,8-9,12,15H2,1-6H3,(H,31,32,33)/t18-,20+/m1/s1. The first-order chi connectivity index (χ1) is 17.2. The van der Waals surface area contributed by atoms with E-state index in [9.17, 15) is 8.78 Å². The Morgan fingerprint density at radius 1 is 1.08 bits per heavy atom. The number of benzene rings is 2. The number of alkyl halides is 2. The normalized spacial score (nSPS) is 17.2. The highest BCUT2D eigenvalue weighted by Gasteiger charge is 2.27. The average molecular weight is 499 g/mol. The van der Waals surface area contributed by atoms with Crippen LogP contribution in [0.4, 0.5) is 14.6 Å². The van der Waals surface area contributed by atoms with E-state index in [-0.39, 0.29) is 11.6 Å². The molecule has 0 amide bonds. The lowest BCUT2D eigenvalue weighted by molar-refractivity contribution is 0.142. The molecule has 36 heavy (non-hydrogen) atoms. The van der Waals surface area contributed by atoms with E-state index >= 15 is 0 Å². The van der Waals surface area contributed by atoms with Gasteiger partial charge in [-0.1, -0.05) is 18.2 Å². The van der Waals surface area contributed by atoms with Crippen LogP contribution in [0.3, 0.4) is 0 Å². The summed E-state index contributed by atoms with van der Waals surface area (Å²) in [5.74, 6) is 2.49. The molecular weight excluding hydrogens is 462 g/mol. The van der Waals surface area contributed by atoms with Crippen molar-refractivity contribution in [2.45, 2.75) is 72.0 Å². The van der Waals surface area contributed by atoms with Crippen LogP contribution in [0.2, 0.25) is 0 Å². The average Bonchev–Trinajstić information content (AvgIpc) is 3.31. The molecule has 1 saturated heterocycles. The molecule has 0 spiro atoms. The van der Waals surface area contributed by atoms with E-state index in [2.05, 4.69) is 34.0 Å². The van der Waals surface area contributed by atoms with Crippen molar-refractivity contribution in [3.63, 3.8) is 0 Å². The maximum Gasteiger partial charge on any atom is 0.264 e. The van der Waals surface area contributed by atoms with Crippen LogP contribution in [0.25, 0.3) is 10.9 Å². The van der Waals surface area contributed by atoms with Gasteiger partial charge in [-0.05, 0) is 71.2 Å². The van der Waals surface area contributed by atoms with Crippen LogP contribution in [-0.4, -0.2) is 47.2 Å². The number of fused-ring (bicyclic) bond motifs is 1. The summed E-state index contributed by atoms with van der Waals surface area (Å²) < 4.78 is 38.9. The molecule has 3 aromatic rings. The van der Waals surface area contributed by atoms with E-state index in [0.29, 0.717) is 47.4 Å². The van der Waals surface area contributed by atoms with Gasteiger partial charge in [0.1, 0.15) is 18.2 Å². The van der Waals surface area contributed by atoms with E-state index < -0.39 is 6.43 Å². The largest absolute Gasteiger partial charge is 0.493 e. The molecular formula is C28H36F2N4O2. The quantitative estimate of drug-likeness (QED) is 0.358. The summed E-state index contributed by atoms with van der Waals surface area (Å²) in [4.78, 5) is 11.7. The SMILES string of the molecule is COc1cc2nc(C)nc(N[C@H](C)c3cccc(C(F)F)c3C)c2cc1OC[C@@H]1CCCN1C(C)C. The number of nitrogens with zero attached hydrogens (tertiary/aromatic N) is 3. The molecule has 8 heteroatoms. The van der Waals surface area contributed by atoms with Crippen molar-refractivity contribution in [3.05, 3.63) is 52.8 Å². The lowest BCUT2D eigenvalue weighted by atomic mass is 9.97. The van der Waals surface area contributed by atoms with E-state index in [1.165, 1.54) is 12.5 Å². The summed E-state index contributed by atoms with van der Waals surface area (Å²) in [5, 5.41) is 4.22. The topological polar surface area (TPSA) is 59.5 Å². The van der Waals surface area contributed by atoms with Gasteiger partial charge in [0.15, 0.2) is 11.5 Å². The molecule has 0 aliphatic carbocycles. The lowest BCUT2D eigenvalue weighted by Gasteiger charge is -2.28. The fourth-order valence-corrected chi connectivity index (χ4v) is 5.20. The molecule has 2 heterocycles. The minimum absolute atomic E-state index is 0.0488. The van der Waals surface area contributed by atoms with Crippen molar-refractivity contribution in [1.29, 1.82) is 0 Å². The molecule has 1 aliphatic heterocycles. The molecule has 1 fully saturated rings. The van der Waals surface area contributed by atoms with Crippen molar-refractivity contribution in [1.82, 2.24) is 14.9 Å². The Kier molecular flexibility index (Phi) is 7.93. The van der Waals surface area contributed by atoms with E-state index in [1.807, 2.05) is 32.0 Å². The number of aromatic nitrogens is 2. The lowest BCUT2D eigenvalue weighted by Crippen LogP contribution is -2.39. The molecule has 0 saturated carbocycles. The van der Waals surface area contributed by atoms with Gasteiger partial charge in [-0.25, -0.2) is 18.7 Å². The Morgan fingerprint density at radius 2 is 1.83 bits per heavy atom. The predicted octanol–water partition coefficient (Wildman–Crippen LogP) is 6.62. The van der Waals surface area contributed by atoms with Gasteiger partial charge in [0.05, 0.1) is 18.7 Å². The minimum Gasteiger partial charge on any atom is -0.493 e. The highest BCUT2D eigenvalue weighted by molar-refractivity contribution is 5.92. The van der Waals surface area contributed by atoms with Gasteiger partial charge in [0.2, 0.25) is 0 Å². The summed E-state index contributed by atoms with van der Waals surface area (Å²) in [6, 6.07) is 9.39. The van der Waals surface area contributed by atoms with Gasteiger partial charge in [0, 0.05) is 29.1 Å². The van der Waals surface area contributed by atoms with Crippen LogP contribution in [0.5, 0.6) is 11.5 Å². The predicted molar refractivity (Wildman–Crippen MR) is 139 cm³/mol. The fraction of sp³-hybridized carbons (Fsp3) is 0.500. The Bertz CT molecular complexity index is 1220. The summed E-state index contributed by atoms with van der Waals surface area (Å²) in [7, 11) is 1.62. The number of hydrogen-bond donors (Lipinski definition) is 1. The van der Waals surface area contributed by atoms with E-state index in [1.54, 1.807) is 20.1 Å². The number of halogens is 2. The molecule has 2 aromatic carbocycles. The third-order valence-corrected chi connectivity index (χ3v) is 7.08. The molecule has 1 N–H and O–H groups in total. The number of nitrogens with one attached hydrogen (secondary N) is 1. The fourth-order valence-electron chi connectivity index (χ4n) is 5.20. The molecule has 1 aliphatic rings. The molecule has 0 unspecified atom stereocenters. The summed E-state index contributed by atoms with van der Waals surface area (Å²) in [6.07, 6.45) is -0.234. The van der Waals surface area contributed by atoms with Gasteiger partial charge >= 0.3 is 0 Å². The number of ether oxygens (including phenoxy) is 2. The third kappa shape index (κ3) is 5.38. The Labute approximate surface area is 212 Å². The zero-order chi connectivity index (χ0) is 26.0. The number of aryl methyl sites for hydroxylation is 1. The monoisotopic (exact) mass is 498 g/mol. The first-order valence-electron chi connectivity index (χ1n) is 12.6. The van der Waals surface area contributed by atoms with Gasteiger partial charge < -0.3 is 14.8 Å². The van der Waals surface area contributed by atoms with Crippen molar-refractivity contribution in [2.75, 3.05) is 25.6 Å². The maximum atomic E-state index is 13.5. The molecule has 0 radical (unpaired) electrons. The van der Waals surface area contributed by atoms with Gasteiger partial charge in [-0.3, -0.25) is 4.90 Å². The van der Waals surface area contributed by atoms with Crippen LogP contribution < -0.4 is 14.8 Å². The second-order valence-corrected chi connectivity index (χ2v) is 9.81. The van der Waals surface area contributed by atoms with E-state index in [4.69, 9.17) is 9.47 Å².